The molecule has 0 bridgehead atoms. The van der Waals surface area contributed by atoms with Crippen molar-refractivity contribution in [2.24, 2.45) is 11.1 Å². The fourth-order valence-corrected chi connectivity index (χ4v) is 2.95. The van der Waals surface area contributed by atoms with Crippen LogP contribution in [-0.2, 0) is 10.0 Å². The molecular formula is C12H19N3O3S. The molecule has 0 aromatic heterocycles. The number of rotatable bonds is 3. The van der Waals surface area contributed by atoms with E-state index in [-0.39, 0.29) is 16.9 Å². The second-order valence-electron chi connectivity index (χ2n) is 5.04. The minimum absolute atomic E-state index is 0.0167. The number of benzene rings is 1. The zero-order valence-corrected chi connectivity index (χ0v) is 11.6. The summed E-state index contributed by atoms with van der Waals surface area (Å²) in [6.07, 6.45) is 0.501. The van der Waals surface area contributed by atoms with Gasteiger partial charge in [-0.2, -0.15) is 0 Å². The molecule has 6 nitrogen and oxygen atoms in total. The number of hydrogen-bond acceptors (Lipinski definition) is 5. The molecule has 0 radical (unpaired) electrons. The van der Waals surface area contributed by atoms with E-state index >= 15 is 0 Å². The van der Waals surface area contributed by atoms with E-state index in [1.165, 1.54) is 12.1 Å². The summed E-state index contributed by atoms with van der Waals surface area (Å²) < 4.78 is 22.8. The quantitative estimate of drug-likeness (QED) is 0.683. The highest BCUT2D eigenvalue weighted by molar-refractivity contribution is 7.89. The van der Waals surface area contributed by atoms with Crippen molar-refractivity contribution in [2.45, 2.75) is 24.3 Å². The van der Waals surface area contributed by atoms with Gasteiger partial charge in [-0.15, -0.1) is 0 Å². The molecule has 0 spiro atoms. The summed E-state index contributed by atoms with van der Waals surface area (Å²) in [4.78, 5) is 2.03. The van der Waals surface area contributed by atoms with Crippen molar-refractivity contribution in [3.05, 3.63) is 18.2 Å². The Balaban J connectivity index is 2.29. The van der Waals surface area contributed by atoms with Gasteiger partial charge in [0.05, 0.1) is 11.0 Å². The zero-order valence-electron chi connectivity index (χ0n) is 10.8. The number of nitrogens with two attached hydrogens (primary N) is 2. The molecule has 19 heavy (non-hydrogen) atoms. The SMILES string of the molecule is CC(O)C1CCN(c2cc(N)cc(S(N)(=O)=O)c2)C1. The summed E-state index contributed by atoms with van der Waals surface area (Å²) in [5, 5.41) is 14.7. The highest BCUT2D eigenvalue weighted by atomic mass is 32.2. The van der Waals surface area contributed by atoms with Gasteiger partial charge in [0, 0.05) is 30.4 Å². The van der Waals surface area contributed by atoms with Crippen LogP contribution in [0.1, 0.15) is 13.3 Å². The maximum absolute atomic E-state index is 11.4. The molecule has 7 heteroatoms. The van der Waals surface area contributed by atoms with Crippen molar-refractivity contribution in [3.8, 4) is 0 Å². The van der Waals surface area contributed by atoms with E-state index in [0.29, 0.717) is 12.2 Å². The largest absolute Gasteiger partial charge is 0.399 e. The van der Waals surface area contributed by atoms with Gasteiger partial charge in [-0.25, -0.2) is 13.6 Å². The normalized spacial score (nSPS) is 21.6. The van der Waals surface area contributed by atoms with Crippen LogP contribution in [0, 0.1) is 5.92 Å². The van der Waals surface area contributed by atoms with E-state index in [0.717, 1.165) is 18.7 Å². The number of nitrogen functional groups attached to an aromatic ring is 1. The zero-order chi connectivity index (χ0) is 14.2. The van der Waals surface area contributed by atoms with Crippen molar-refractivity contribution in [2.75, 3.05) is 23.7 Å². The molecule has 5 N–H and O–H groups in total. The summed E-state index contributed by atoms with van der Waals surface area (Å²) in [6, 6.07) is 4.59. The topological polar surface area (TPSA) is 110 Å². The molecule has 1 aromatic rings. The average Bonchev–Trinajstić information content (AvgIpc) is 2.76. The van der Waals surface area contributed by atoms with Gasteiger partial charge in [-0.3, -0.25) is 0 Å². The summed E-state index contributed by atoms with van der Waals surface area (Å²) in [6.45, 7) is 3.22. The lowest BCUT2D eigenvalue weighted by Crippen LogP contribution is -2.24. The molecule has 1 aliphatic rings. The molecule has 0 aliphatic carbocycles. The van der Waals surface area contributed by atoms with Crippen molar-refractivity contribution in [1.29, 1.82) is 0 Å². The van der Waals surface area contributed by atoms with Crippen LogP contribution in [-0.4, -0.2) is 32.7 Å². The number of hydrogen-bond donors (Lipinski definition) is 3. The van der Waals surface area contributed by atoms with Gasteiger partial charge < -0.3 is 15.7 Å². The molecule has 2 unspecified atom stereocenters. The molecular weight excluding hydrogens is 266 g/mol. The summed E-state index contributed by atoms with van der Waals surface area (Å²) in [5.74, 6) is 0.194. The minimum atomic E-state index is -3.76. The Morgan fingerprint density at radius 3 is 2.63 bits per heavy atom. The first-order chi connectivity index (χ1) is 8.77. The molecule has 1 saturated heterocycles. The summed E-state index contributed by atoms with van der Waals surface area (Å²) in [5.41, 5.74) is 6.81. The Morgan fingerprint density at radius 2 is 2.11 bits per heavy atom. The van der Waals surface area contributed by atoms with Crippen LogP contribution in [0.3, 0.4) is 0 Å². The lowest BCUT2D eigenvalue weighted by Gasteiger charge is -2.20. The standard InChI is InChI=1S/C12H19N3O3S/c1-8(16)9-2-3-15(7-9)11-4-10(13)5-12(6-11)19(14,17)18/h4-6,8-9,16H,2-3,7,13H2,1H3,(H2,14,17,18). The molecule has 106 valence electrons. The van der Waals surface area contributed by atoms with Gasteiger partial charge in [0.2, 0.25) is 10.0 Å². The minimum Gasteiger partial charge on any atom is -0.399 e. The van der Waals surface area contributed by atoms with Crippen LogP contribution in [0.5, 0.6) is 0 Å². The lowest BCUT2D eigenvalue weighted by molar-refractivity contribution is 0.136. The molecule has 2 atom stereocenters. The van der Waals surface area contributed by atoms with E-state index in [1.807, 2.05) is 4.90 Å². The first-order valence-electron chi connectivity index (χ1n) is 6.14. The van der Waals surface area contributed by atoms with E-state index < -0.39 is 10.0 Å². The fraction of sp³-hybridized carbons (Fsp3) is 0.500. The van der Waals surface area contributed by atoms with Crippen LogP contribution in [0.2, 0.25) is 0 Å². The Labute approximate surface area is 113 Å². The molecule has 0 saturated carbocycles. The predicted octanol–water partition coefficient (Wildman–Crippen LogP) is 0.123. The van der Waals surface area contributed by atoms with Gasteiger partial charge >= 0.3 is 0 Å². The predicted molar refractivity (Wildman–Crippen MR) is 74.2 cm³/mol. The number of primary sulfonamides is 1. The van der Waals surface area contributed by atoms with Gasteiger partial charge in [0.25, 0.3) is 0 Å². The Bertz CT molecular complexity index is 572. The van der Waals surface area contributed by atoms with E-state index in [4.69, 9.17) is 10.9 Å². The number of aliphatic hydroxyl groups is 1. The highest BCUT2D eigenvalue weighted by Crippen LogP contribution is 2.29. The second kappa shape index (κ2) is 4.99. The number of anilines is 2. The maximum Gasteiger partial charge on any atom is 0.238 e. The molecule has 1 aromatic carbocycles. The third kappa shape index (κ3) is 3.17. The lowest BCUT2D eigenvalue weighted by atomic mass is 10.0. The first-order valence-corrected chi connectivity index (χ1v) is 7.68. The Kier molecular flexibility index (Phi) is 3.71. The number of sulfonamides is 1. The van der Waals surface area contributed by atoms with Crippen molar-refractivity contribution in [1.82, 2.24) is 0 Å². The van der Waals surface area contributed by atoms with E-state index in [2.05, 4.69) is 0 Å². The van der Waals surface area contributed by atoms with Crippen molar-refractivity contribution >= 4 is 21.4 Å². The van der Waals surface area contributed by atoms with Crippen molar-refractivity contribution in [3.63, 3.8) is 0 Å². The molecule has 1 heterocycles. The van der Waals surface area contributed by atoms with E-state index in [9.17, 15) is 13.5 Å². The fourth-order valence-electron chi connectivity index (χ4n) is 2.37. The molecule has 2 rings (SSSR count). The van der Waals surface area contributed by atoms with Crippen LogP contribution in [0.25, 0.3) is 0 Å². The molecule has 0 amide bonds. The van der Waals surface area contributed by atoms with Gasteiger partial charge in [0.1, 0.15) is 0 Å². The van der Waals surface area contributed by atoms with Gasteiger partial charge in [-0.05, 0) is 31.5 Å². The second-order valence-corrected chi connectivity index (χ2v) is 6.60. The maximum atomic E-state index is 11.4. The Morgan fingerprint density at radius 1 is 1.42 bits per heavy atom. The van der Waals surface area contributed by atoms with Gasteiger partial charge in [0.15, 0.2) is 0 Å². The van der Waals surface area contributed by atoms with Crippen LogP contribution in [0.15, 0.2) is 23.1 Å². The smallest absolute Gasteiger partial charge is 0.238 e. The average molecular weight is 285 g/mol. The highest BCUT2D eigenvalue weighted by Gasteiger charge is 2.26. The number of nitrogens with zero attached hydrogens (tertiary/aromatic N) is 1. The van der Waals surface area contributed by atoms with Crippen LogP contribution < -0.4 is 15.8 Å². The third-order valence-electron chi connectivity index (χ3n) is 3.51. The number of aliphatic hydroxyl groups excluding tert-OH is 1. The van der Waals surface area contributed by atoms with Crippen LogP contribution in [0.4, 0.5) is 11.4 Å². The van der Waals surface area contributed by atoms with Crippen LogP contribution >= 0.6 is 0 Å². The van der Waals surface area contributed by atoms with E-state index in [1.54, 1.807) is 13.0 Å². The van der Waals surface area contributed by atoms with Gasteiger partial charge in [-0.1, -0.05) is 0 Å². The van der Waals surface area contributed by atoms with Crippen molar-refractivity contribution < 1.29 is 13.5 Å². The summed E-state index contributed by atoms with van der Waals surface area (Å²) >= 11 is 0. The monoisotopic (exact) mass is 285 g/mol. The molecule has 1 fully saturated rings. The molecule has 1 aliphatic heterocycles. The summed E-state index contributed by atoms with van der Waals surface area (Å²) in [7, 11) is -3.76. The first kappa shape index (κ1) is 14.1. The Hall–Kier alpha value is -1.31. The third-order valence-corrected chi connectivity index (χ3v) is 4.41.